The van der Waals surface area contributed by atoms with E-state index in [0.717, 1.165) is 23.1 Å². The Labute approximate surface area is 159 Å². The molecule has 0 saturated carbocycles. The van der Waals surface area contributed by atoms with Crippen molar-refractivity contribution in [2.45, 2.75) is 13.5 Å². The van der Waals surface area contributed by atoms with Gasteiger partial charge in [0.15, 0.2) is 5.96 Å². The monoisotopic (exact) mass is 373 g/mol. The van der Waals surface area contributed by atoms with Crippen molar-refractivity contribution >= 4 is 23.5 Å². The van der Waals surface area contributed by atoms with Gasteiger partial charge in [-0.05, 0) is 36.8 Å². The van der Waals surface area contributed by atoms with Crippen LogP contribution in [0.1, 0.15) is 22.8 Å². The number of benzene rings is 1. The van der Waals surface area contributed by atoms with Gasteiger partial charge < -0.3 is 15.5 Å². The smallest absolute Gasteiger partial charge is 0.252 e. The average molecular weight is 374 g/mol. The maximum Gasteiger partial charge on any atom is 0.252 e. The molecular formula is C19H24ClN5O. The molecule has 1 heterocycles. The second kappa shape index (κ2) is 10.4. The zero-order valence-corrected chi connectivity index (χ0v) is 15.8. The van der Waals surface area contributed by atoms with E-state index in [1.807, 2.05) is 43.1 Å². The number of carbonyl (C=O) groups excluding carboxylic acids is 1. The van der Waals surface area contributed by atoms with Gasteiger partial charge in [-0.15, -0.1) is 0 Å². The molecule has 0 fully saturated rings. The normalized spacial score (nSPS) is 11.1. The Hall–Kier alpha value is -2.60. The second-order valence-corrected chi connectivity index (χ2v) is 6.15. The quantitative estimate of drug-likeness (QED) is 0.444. The summed E-state index contributed by atoms with van der Waals surface area (Å²) < 4.78 is 0. The van der Waals surface area contributed by atoms with E-state index in [4.69, 9.17) is 11.6 Å². The first kappa shape index (κ1) is 19.7. The fourth-order valence-electron chi connectivity index (χ4n) is 2.34. The highest BCUT2D eigenvalue weighted by atomic mass is 35.5. The number of halogens is 1. The van der Waals surface area contributed by atoms with Crippen molar-refractivity contribution < 1.29 is 4.79 Å². The molecule has 7 heteroatoms. The lowest BCUT2D eigenvalue weighted by molar-refractivity contribution is 0.0954. The molecule has 0 aliphatic rings. The van der Waals surface area contributed by atoms with Crippen LogP contribution in [-0.2, 0) is 6.54 Å². The molecular weight excluding hydrogens is 350 g/mol. The summed E-state index contributed by atoms with van der Waals surface area (Å²) in [5, 5.41) is 6.83. The van der Waals surface area contributed by atoms with Crippen molar-refractivity contribution in [2.24, 2.45) is 4.99 Å². The standard InChI is InChI=1S/C19H24ClN5O/c1-3-22-19(25(2)14-15-6-8-17(20)9-7-15)24-12-11-23-18(26)16-5-4-10-21-13-16/h4-10,13H,3,11-12,14H2,1-2H3,(H,22,24)(H,23,26). The molecule has 0 unspecified atom stereocenters. The van der Waals surface area contributed by atoms with Crippen LogP contribution < -0.4 is 10.6 Å². The van der Waals surface area contributed by atoms with Gasteiger partial charge in [0.1, 0.15) is 0 Å². The summed E-state index contributed by atoms with van der Waals surface area (Å²) in [6.07, 6.45) is 3.18. The lowest BCUT2D eigenvalue weighted by Gasteiger charge is -2.22. The maximum atomic E-state index is 12.0. The van der Waals surface area contributed by atoms with Gasteiger partial charge in [0.25, 0.3) is 5.91 Å². The third-order valence-electron chi connectivity index (χ3n) is 3.61. The summed E-state index contributed by atoms with van der Waals surface area (Å²) in [7, 11) is 1.98. The first-order valence-electron chi connectivity index (χ1n) is 8.52. The molecule has 0 aliphatic heterocycles. The maximum absolute atomic E-state index is 12.0. The van der Waals surface area contributed by atoms with E-state index in [0.29, 0.717) is 25.2 Å². The van der Waals surface area contributed by atoms with Crippen LogP contribution in [0.25, 0.3) is 0 Å². The SMILES string of the molecule is CCNC(=NCCNC(=O)c1cccnc1)N(C)Cc1ccc(Cl)cc1. The highest BCUT2D eigenvalue weighted by molar-refractivity contribution is 6.30. The molecule has 1 aromatic carbocycles. The summed E-state index contributed by atoms with van der Waals surface area (Å²) in [4.78, 5) is 22.5. The van der Waals surface area contributed by atoms with E-state index in [2.05, 4.69) is 20.6 Å². The number of hydrogen-bond donors (Lipinski definition) is 2. The van der Waals surface area contributed by atoms with Gasteiger partial charge >= 0.3 is 0 Å². The third kappa shape index (κ3) is 6.37. The number of guanidine groups is 1. The van der Waals surface area contributed by atoms with E-state index in [1.165, 1.54) is 0 Å². The van der Waals surface area contributed by atoms with Crippen LogP contribution in [0.15, 0.2) is 53.8 Å². The lowest BCUT2D eigenvalue weighted by Crippen LogP contribution is -2.39. The summed E-state index contributed by atoms with van der Waals surface area (Å²) in [6, 6.07) is 11.2. The fraction of sp³-hybridized carbons (Fsp3) is 0.316. The summed E-state index contributed by atoms with van der Waals surface area (Å²) in [5.74, 6) is 0.644. The molecule has 0 atom stereocenters. The largest absolute Gasteiger partial charge is 0.357 e. The third-order valence-corrected chi connectivity index (χ3v) is 3.86. The van der Waals surface area contributed by atoms with Gasteiger partial charge in [-0.2, -0.15) is 0 Å². The molecule has 0 aliphatic carbocycles. The molecule has 0 bridgehead atoms. The topological polar surface area (TPSA) is 69.6 Å². The van der Waals surface area contributed by atoms with Crippen molar-refractivity contribution in [3.63, 3.8) is 0 Å². The molecule has 1 aromatic heterocycles. The fourth-order valence-corrected chi connectivity index (χ4v) is 2.46. The first-order chi connectivity index (χ1) is 12.6. The van der Waals surface area contributed by atoms with Crippen LogP contribution in [0.4, 0.5) is 0 Å². The van der Waals surface area contributed by atoms with Crippen molar-refractivity contribution in [3.05, 3.63) is 64.9 Å². The van der Waals surface area contributed by atoms with Gasteiger partial charge in [-0.1, -0.05) is 23.7 Å². The van der Waals surface area contributed by atoms with Crippen molar-refractivity contribution in [2.75, 3.05) is 26.7 Å². The van der Waals surface area contributed by atoms with Crippen LogP contribution in [0.3, 0.4) is 0 Å². The number of rotatable bonds is 7. The van der Waals surface area contributed by atoms with Crippen LogP contribution in [0.2, 0.25) is 5.02 Å². The molecule has 0 radical (unpaired) electrons. The molecule has 2 rings (SSSR count). The minimum Gasteiger partial charge on any atom is -0.357 e. The molecule has 2 N–H and O–H groups in total. The second-order valence-electron chi connectivity index (χ2n) is 5.72. The minimum absolute atomic E-state index is 0.146. The highest BCUT2D eigenvalue weighted by Gasteiger charge is 2.07. The van der Waals surface area contributed by atoms with Gasteiger partial charge in [-0.25, -0.2) is 0 Å². The Morgan fingerprint density at radius 1 is 1.23 bits per heavy atom. The molecule has 26 heavy (non-hydrogen) atoms. The molecule has 1 amide bonds. The Morgan fingerprint density at radius 3 is 2.65 bits per heavy atom. The van der Waals surface area contributed by atoms with Crippen molar-refractivity contribution in [1.29, 1.82) is 0 Å². The number of aliphatic imine (C=N–C) groups is 1. The van der Waals surface area contributed by atoms with Crippen molar-refractivity contribution in [3.8, 4) is 0 Å². The molecule has 0 saturated heterocycles. The number of hydrogen-bond acceptors (Lipinski definition) is 3. The predicted molar refractivity (Wildman–Crippen MR) is 105 cm³/mol. The number of nitrogens with one attached hydrogen (secondary N) is 2. The number of pyridine rings is 1. The Kier molecular flexibility index (Phi) is 7.89. The molecule has 6 nitrogen and oxygen atoms in total. The van der Waals surface area contributed by atoms with E-state index >= 15 is 0 Å². The van der Waals surface area contributed by atoms with Gasteiger partial charge in [0, 0.05) is 44.1 Å². The van der Waals surface area contributed by atoms with Crippen molar-refractivity contribution in [1.82, 2.24) is 20.5 Å². The number of nitrogens with zero attached hydrogens (tertiary/aromatic N) is 3. The first-order valence-corrected chi connectivity index (χ1v) is 8.90. The van der Waals surface area contributed by atoms with Gasteiger partial charge in [0.2, 0.25) is 0 Å². The van der Waals surface area contributed by atoms with Crippen LogP contribution in [0, 0.1) is 0 Å². The van der Waals surface area contributed by atoms with E-state index < -0.39 is 0 Å². The molecule has 0 spiro atoms. The lowest BCUT2D eigenvalue weighted by atomic mass is 10.2. The number of aromatic nitrogens is 1. The number of amides is 1. The Balaban J connectivity index is 1.87. The molecule has 138 valence electrons. The van der Waals surface area contributed by atoms with E-state index in [1.54, 1.807) is 24.5 Å². The zero-order chi connectivity index (χ0) is 18.8. The van der Waals surface area contributed by atoms with E-state index in [9.17, 15) is 4.79 Å². The highest BCUT2D eigenvalue weighted by Crippen LogP contribution is 2.11. The van der Waals surface area contributed by atoms with Gasteiger partial charge in [0.05, 0.1) is 12.1 Å². The summed E-state index contributed by atoms with van der Waals surface area (Å²) in [6.45, 7) is 4.45. The minimum atomic E-state index is -0.146. The molecule has 2 aromatic rings. The predicted octanol–water partition coefficient (Wildman–Crippen LogP) is 2.56. The van der Waals surface area contributed by atoms with Crippen LogP contribution in [-0.4, -0.2) is 48.4 Å². The summed E-state index contributed by atoms with van der Waals surface area (Å²) in [5.41, 5.74) is 1.69. The van der Waals surface area contributed by atoms with Gasteiger partial charge in [-0.3, -0.25) is 14.8 Å². The van der Waals surface area contributed by atoms with Crippen LogP contribution in [0.5, 0.6) is 0 Å². The summed E-state index contributed by atoms with van der Waals surface area (Å²) >= 11 is 5.93. The number of carbonyl (C=O) groups is 1. The van der Waals surface area contributed by atoms with Crippen LogP contribution >= 0.6 is 11.6 Å². The zero-order valence-electron chi connectivity index (χ0n) is 15.1. The van der Waals surface area contributed by atoms with E-state index in [-0.39, 0.29) is 5.91 Å². The Bertz CT molecular complexity index is 718. The average Bonchev–Trinajstić information content (AvgIpc) is 2.66. The Morgan fingerprint density at radius 2 is 2.00 bits per heavy atom.